The number of nitrogens with zero attached hydrogens (tertiary/aromatic N) is 2. The predicted molar refractivity (Wildman–Crippen MR) is 77.6 cm³/mol. The lowest BCUT2D eigenvalue weighted by Gasteiger charge is -2.30. The van der Waals surface area contributed by atoms with E-state index in [9.17, 15) is 5.26 Å². The minimum atomic E-state index is -0.210. The van der Waals surface area contributed by atoms with E-state index in [0.717, 1.165) is 48.4 Å². The van der Waals surface area contributed by atoms with Gasteiger partial charge in [-0.05, 0) is 18.2 Å². The number of nitrogens with one attached hydrogen (secondary N) is 2. The van der Waals surface area contributed by atoms with Crippen LogP contribution >= 0.6 is 0 Å². The molecule has 1 aromatic heterocycles. The number of hydrogen-bond acceptors (Lipinski definition) is 4. The van der Waals surface area contributed by atoms with Crippen LogP contribution in [0.1, 0.15) is 11.6 Å². The Morgan fingerprint density at radius 2 is 2.15 bits per heavy atom. The van der Waals surface area contributed by atoms with E-state index in [1.807, 2.05) is 24.4 Å². The lowest BCUT2D eigenvalue weighted by atomic mass is 10.0. The summed E-state index contributed by atoms with van der Waals surface area (Å²) in [6.45, 7) is 3.66. The SMILES string of the molecule is COc1ccc2[nH]cc(C(C#N)N3CCNCC3)c2c1. The molecule has 0 radical (unpaired) electrons. The average molecular weight is 270 g/mol. The van der Waals surface area contributed by atoms with Gasteiger partial charge in [-0.25, -0.2) is 0 Å². The molecule has 2 aromatic rings. The first-order valence-corrected chi connectivity index (χ1v) is 6.83. The first-order valence-electron chi connectivity index (χ1n) is 6.83. The van der Waals surface area contributed by atoms with Crippen molar-refractivity contribution < 1.29 is 4.74 Å². The van der Waals surface area contributed by atoms with Crippen molar-refractivity contribution in [2.45, 2.75) is 6.04 Å². The Bertz CT molecular complexity index is 637. The van der Waals surface area contributed by atoms with E-state index in [-0.39, 0.29) is 6.04 Å². The van der Waals surface area contributed by atoms with Gasteiger partial charge in [0.2, 0.25) is 0 Å². The van der Waals surface area contributed by atoms with Crippen molar-refractivity contribution in [3.8, 4) is 11.8 Å². The van der Waals surface area contributed by atoms with E-state index >= 15 is 0 Å². The van der Waals surface area contributed by atoms with Crippen LogP contribution in [0.2, 0.25) is 0 Å². The molecule has 20 heavy (non-hydrogen) atoms. The third-order valence-electron chi connectivity index (χ3n) is 3.85. The molecule has 1 saturated heterocycles. The van der Waals surface area contributed by atoms with Gasteiger partial charge in [0.25, 0.3) is 0 Å². The normalized spacial score (nSPS) is 17.8. The Labute approximate surface area is 118 Å². The molecule has 1 aliphatic heterocycles. The van der Waals surface area contributed by atoms with E-state index in [2.05, 4.69) is 21.3 Å². The van der Waals surface area contributed by atoms with Crippen molar-refractivity contribution in [2.75, 3.05) is 33.3 Å². The Morgan fingerprint density at radius 1 is 1.35 bits per heavy atom. The molecule has 104 valence electrons. The third-order valence-corrected chi connectivity index (χ3v) is 3.85. The second kappa shape index (κ2) is 5.53. The monoisotopic (exact) mass is 270 g/mol. The van der Waals surface area contributed by atoms with Crippen LogP contribution in [0.5, 0.6) is 5.75 Å². The number of hydrogen-bond donors (Lipinski definition) is 2. The number of fused-ring (bicyclic) bond motifs is 1. The summed E-state index contributed by atoms with van der Waals surface area (Å²) in [5, 5.41) is 14.0. The number of methoxy groups -OCH3 is 1. The molecule has 2 heterocycles. The Hall–Kier alpha value is -2.03. The maximum atomic E-state index is 9.58. The molecular weight excluding hydrogens is 252 g/mol. The van der Waals surface area contributed by atoms with Gasteiger partial charge in [0.1, 0.15) is 11.8 Å². The summed E-state index contributed by atoms with van der Waals surface area (Å²) >= 11 is 0. The number of H-pyrrole nitrogens is 1. The summed E-state index contributed by atoms with van der Waals surface area (Å²) in [6, 6.07) is 8.14. The van der Waals surface area contributed by atoms with Gasteiger partial charge in [-0.15, -0.1) is 0 Å². The maximum Gasteiger partial charge on any atom is 0.126 e. The summed E-state index contributed by atoms with van der Waals surface area (Å²) in [5.41, 5.74) is 2.07. The number of rotatable bonds is 3. The van der Waals surface area contributed by atoms with Crippen LogP contribution in [-0.2, 0) is 0 Å². The zero-order chi connectivity index (χ0) is 13.9. The average Bonchev–Trinajstić information content (AvgIpc) is 2.92. The molecule has 0 aliphatic carbocycles. The highest BCUT2D eigenvalue weighted by Crippen LogP contribution is 2.30. The highest BCUT2D eigenvalue weighted by Gasteiger charge is 2.24. The molecular formula is C15H18N4O. The summed E-state index contributed by atoms with van der Waals surface area (Å²) < 4.78 is 5.29. The molecule has 0 saturated carbocycles. The maximum absolute atomic E-state index is 9.58. The van der Waals surface area contributed by atoms with Gasteiger partial charge < -0.3 is 15.0 Å². The lowest BCUT2D eigenvalue weighted by molar-refractivity contribution is 0.208. The molecule has 1 fully saturated rings. The summed E-state index contributed by atoms with van der Waals surface area (Å²) in [6.07, 6.45) is 1.94. The number of aromatic amines is 1. The first kappa shape index (κ1) is 13.0. The van der Waals surface area contributed by atoms with Crippen molar-refractivity contribution in [1.82, 2.24) is 15.2 Å². The van der Waals surface area contributed by atoms with Crippen LogP contribution in [0.4, 0.5) is 0 Å². The summed E-state index contributed by atoms with van der Waals surface area (Å²) in [7, 11) is 1.66. The molecule has 1 aromatic carbocycles. The van der Waals surface area contributed by atoms with Crippen LogP contribution in [0, 0.1) is 11.3 Å². The van der Waals surface area contributed by atoms with Gasteiger partial charge in [0.15, 0.2) is 0 Å². The number of piperazine rings is 1. The van der Waals surface area contributed by atoms with E-state index in [1.165, 1.54) is 0 Å². The molecule has 0 bridgehead atoms. The van der Waals surface area contributed by atoms with E-state index in [4.69, 9.17) is 4.74 Å². The fraction of sp³-hybridized carbons (Fsp3) is 0.400. The standard InChI is InChI=1S/C15H18N4O/c1-20-11-2-3-14-12(8-11)13(10-18-14)15(9-16)19-6-4-17-5-7-19/h2-3,8,10,15,17-18H,4-7H2,1H3. The number of nitriles is 1. The van der Waals surface area contributed by atoms with Crippen LogP contribution in [0.3, 0.4) is 0 Å². The first-order chi connectivity index (χ1) is 9.83. The van der Waals surface area contributed by atoms with E-state index in [0.29, 0.717) is 0 Å². The fourth-order valence-corrected chi connectivity index (χ4v) is 2.76. The quantitative estimate of drug-likeness (QED) is 0.890. The second-order valence-electron chi connectivity index (χ2n) is 4.97. The highest BCUT2D eigenvalue weighted by molar-refractivity contribution is 5.85. The second-order valence-corrected chi connectivity index (χ2v) is 4.97. The van der Waals surface area contributed by atoms with Gasteiger partial charge in [-0.1, -0.05) is 0 Å². The Balaban J connectivity index is 2.00. The lowest BCUT2D eigenvalue weighted by Crippen LogP contribution is -2.44. The van der Waals surface area contributed by atoms with Crippen molar-refractivity contribution in [3.63, 3.8) is 0 Å². The van der Waals surface area contributed by atoms with Gasteiger partial charge in [-0.3, -0.25) is 4.90 Å². The Kier molecular flexibility index (Phi) is 3.59. The molecule has 5 nitrogen and oxygen atoms in total. The highest BCUT2D eigenvalue weighted by atomic mass is 16.5. The molecule has 5 heteroatoms. The molecule has 1 aliphatic rings. The van der Waals surface area contributed by atoms with Crippen LogP contribution in [0.15, 0.2) is 24.4 Å². The van der Waals surface area contributed by atoms with Crippen molar-refractivity contribution in [2.24, 2.45) is 0 Å². The molecule has 0 spiro atoms. The molecule has 1 atom stereocenters. The molecule has 2 N–H and O–H groups in total. The number of aromatic nitrogens is 1. The number of benzene rings is 1. The topological polar surface area (TPSA) is 64.1 Å². The van der Waals surface area contributed by atoms with Gasteiger partial charge in [0, 0.05) is 48.8 Å². The number of ether oxygens (including phenoxy) is 1. The minimum absolute atomic E-state index is 0.210. The van der Waals surface area contributed by atoms with Gasteiger partial charge in [0.05, 0.1) is 13.2 Å². The van der Waals surface area contributed by atoms with Crippen molar-refractivity contribution in [1.29, 1.82) is 5.26 Å². The molecule has 3 rings (SSSR count). The van der Waals surface area contributed by atoms with E-state index < -0.39 is 0 Å². The van der Waals surface area contributed by atoms with Crippen molar-refractivity contribution in [3.05, 3.63) is 30.0 Å². The third kappa shape index (κ3) is 2.24. The Morgan fingerprint density at radius 3 is 2.85 bits per heavy atom. The fourth-order valence-electron chi connectivity index (χ4n) is 2.76. The predicted octanol–water partition coefficient (Wildman–Crippen LogP) is 1.65. The molecule has 0 amide bonds. The summed E-state index contributed by atoms with van der Waals surface area (Å²) in [4.78, 5) is 5.47. The smallest absolute Gasteiger partial charge is 0.126 e. The van der Waals surface area contributed by atoms with Crippen LogP contribution in [-0.4, -0.2) is 43.2 Å². The van der Waals surface area contributed by atoms with Crippen molar-refractivity contribution >= 4 is 10.9 Å². The largest absolute Gasteiger partial charge is 0.497 e. The van der Waals surface area contributed by atoms with Crippen LogP contribution < -0.4 is 10.1 Å². The zero-order valence-corrected chi connectivity index (χ0v) is 11.5. The zero-order valence-electron chi connectivity index (χ0n) is 11.5. The summed E-state index contributed by atoms with van der Waals surface area (Å²) in [5.74, 6) is 0.815. The molecule has 1 unspecified atom stereocenters. The van der Waals surface area contributed by atoms with Gasteiger partial charge in [-0.2, -0.15) is 5.26 Å². The van der Waals surface area contributed by atoms with E-state index in [1.54, 1.807) is 7.11 Å². The van der Waals surface area contributed by atoms with Gasteiger partial charge >= 0.3 is 0 Å². The van der Waals surface area contributed by atoms with Crippen LogP contribution in [0.25, 0.3) is 10.9 Å². The minimum Gasteiger partial charge on any atom is -0.497 e.